The number of fused-ring (bicyclic) bond motifs is 1. The molecule has 3 N–H and O–H groups in total. The van der Waals surface area contributed by atoms with Crippen LogP contribution in [0.3, 0.4) is 0 Å². The number of halogens is 4. The van der Waals surface area contributed by atoms with Gasteiger partial charge >= 0.3 is 17.9 Å². The van der Waals surface area contributed by atoms with Gasteiger partial charge in [0.2, 0.25) is 6.29 Å². The minimum Gasteiger partial charge on any atom is -0.497 e. The summed E-state index contributed by atoms with van der Waals surface area (Å²) >= 11 is 27.2. The first-order valence-electron chi connectivity index (χ1n) is 45.7. The minimum absolute atomic E-state index is 0.0144. The number of Topliss-reactive ketones (excluding diaryl/α,β-unsaturated/α-hetero) is 3. The van der Waals surface area contributed by atoms with Crippen molar-refractivity contribution in [1.82, 2.24) is 0 Å². The second-order valence-corrected chi connectivity index (χ2v) is 35.8. The van der Waals surface area contributed by atoms with Crippen molar-refractivity contribution in [2.75, 3.05) is 33.5 Å². The highest BCUT2D eigenvalue weighted by atomic mass is 35.5. The molecule has 0 saturated carbocycles. The zero-order valence-corrected chi connectivity index (χ0v) is 79.1. The Kier molecular flexibility index (Phi) is 36.1. The maximum Gasteiger partial charge on any atom is 0.336 e. The Hall–Kier alpha value is -11.1. The Morgan fingerprint density at radius 3 is 1.12 bits per heavy atom. The van der Waals surface area contributed by atoms with Gasteiger partial charge in [-0.25, -0.2) is 9.59 Å². The van der Waals surface area contributed by atoms with Crippen LogP contribution in [-0.4, -0.2) is 195 Å². The fourth-order valence-electron chi connectivity index (χ4n) is 17.4. The van der Waals surface area contributed by atoms with Crippen LogP contribution in [0.5, 0.6) is 11.5 Å². The second-order valence-electron chi connectivity index (χ2n) is 34.2. The van der Waals surface area contributed by atoms with Crippen LogP contribution in [0.4, 0.5) is 0 Å². The number of aliphatic hydroxyl groups is 1. The zero-order valence-electron chi connectivity index (χ0n) is 76.1. The van der Waals surface area contributed by atoms with Crippen LogP contribution < -0.4 is 9.47 Å². The van der Waals surface area contributed by atoms with E-state index in [1.165, 1.54) is 14.0 Å². The summed E-state index contributed by atoms with van der Waals surface area (Å²) in [7, 11) is 1.47. The van der Waals surface area contributed by atoms with E-state index in [1.807, 2.05) is 158 Å². The minimum atomic E-state index is -2.14. The van der Waals surface area contributed by atoms with Gasteiger partial charge in [0, 0.05) is 23.1 Å². The van der Waals surface area contributed by atoms with Gasteiger partial charge < -0.3 is 110 Å². The lowest BCUT2D eigenvalue weighted by Crippen LogP contribution is -2.69. The monoisotopic (exact) mass is 1990 g/mol. The van der Waals surface area contributed by atoms with E-state index in [1.54, 1.807) is 109 Å². The smallest absolute Gasteiger partial charge is 0.336 e. The van der Waals surface area contributed by atoms with E-state index in [0.717, 1.165) is 35.4 Å². The fraction of sp³-hybridized carbons (Fsp3) is 0.333. The zero-order chi connectivity index (χ0) is 97.5. The van der Waals surface area contributed by atoms with E-state index in [-0.39, 0.29) is 97.5 Å². The highest BCUT2D eigenvalue weighted by Crippen LogP contribution is 2.47. The van der Waals surface area contributed by atoms with Gasteiger partial charge in [0.25, 0.3) is 0 Å². The van der Waals surface area contributed by atoms with Crippen molar-refractivity contribution in [3.05, 3.63) is 378 Å². The summed E-state index contributed by atoms with van der Waals surface area (Å²) in [4.78, 5) is 89.4. The molecule has 11 aromatic carbocycles. The summed E-state index contributed by atoms with van der Waals surface area (Å²) in [5.74, 6) is -9.86. The van der Waals surface area contributed by atoms with Gasteiger partial charge in [-0.05, 0) is 94.4 Å². The predicted octanol–water partition coefficient (Wildman–Crippen LogP) is 17.9. The van der Waals surface area contributed by atoms with Crippen molar-refractivity contribution >= 4 is 81.7 Å². The maximum atomic E-state index is 17.4. The average Bonchev–Trinajstić information content (AvgIpc) is 0.707. The van der Waals surface area contributed by atoms with Gasteiger partial charge in [-0.3, -0.25) is 14.4 Å². The Morgan fingerprint density at radius 1 is 0.357 bits per heavy atom. The molecule has 21 atom stereocenters. The molecule has 5 fully saturated rings. The Morgan fingerprint density at radius 2 is 0.707 bits per heavy atom. The van der Waals surface area contributed by atoms with Crippen molar-refractivity contribution in [1.29, 1.82) is 0 Å². The summed E-state index contributed by atoms with van der Waals surface area (Å²) in [6.07, 6.45) is -31.7. The summed E-state index contributed by atoms with van der Waals surface area (Å²) in [5, 5.41) is 35.7. The van der Waals surface area contributed by atoms with E-state index < -0.39 is 200 Å². The molecule has 11 aromatic rings. The van der Waals surface area contributed by atoms with Crippen molar-refractivity contribution in [2.45, 2.75) is 183 Å². The molecule has 16 rings (SSSR count). The van der Waals surface area contributed by atoms with Gasteiger partial charge in [0.1, 0.15) is 108 Å². The number of methoxy groups -OCH3 is 1. The number of aromatic carboxylic acids is 2. The molecule has 732 valence electrons. The number of carboxylic acid groups (broad SMARTS) is 2. The standard InChI is InChI=1S/C108H104Cl4O28/c1-64(113)43-48-87(114)136-101-100(129-59-71-39-23-9-24-40-71)93(126-56-68-33-17-6-18-34-68)83(60-123-53-65-27-11-3-12-28-65)135-108(101)140-99-92(117)107(134-86-63-130-104(137-96(86)99)72-41-25-10-26-42-72)139-95-85(62-125-55-67-31-15-5-16-32-67)133-106(89(98(95)128-58-70-37-21-8-22-38-70)91(116)76-50-80(110)82(112)52-78(76)103(120)121)138-94-84(61-124-54-66-29-13-4-14-30-66)132-105(131-74-46-44-73(122-2)45-47-74)88(97(94)127-57-69-35-19-7-20-36-69)90(115)75-49-79(109)81(111)51-77(75)102(118)119/h3-42,44-47,49-52,83-86,88-89,92-101,104-108,117H,43,48,53-63H2,1-2H3,(H,118,119)(H,120,121)/t83-,84-,85-,86-,88-,89-,92+,93-,94-,95-,96-,97-,98-,99-,100+,101+,104?,105-,106+,107+,108-/m1/s1. The quantitative estimate of drug-likeness (QED) is 0.0236. The Labute approximate surface area is 828 Å². The number of ketones is 3. The number of benzene rings is 11. The molecule has 0 radical (unpaired) electrons. The topological polar surface area (TPSA) is 338 Å². The van der Waals surface area contributed by atoms with E-state index in [9.17, 15) is 34.5 Å². The van der Waals surface area contributed by atoms with Gasteiger partial charge in [-0.15, -0.1) is 0 Å². The number of hydrogen-bond donors (Lipinski definition) is 3. The lowest BCUT2D eigenvalue weighted by Gasteiger charge is -2.53. The van der Waals surface area contributed by atoms with Crippen LogP contribution >= 0.6 is 46.4 Å². The number of rotatable bonds is 44. The number of carbonyl (C=O) groups excluding carboxylic acids is 4. The molecule has 0 spiro atoms. The lowest BCUT2D eigenvalue weighted by molar-refractivity contribution is -0.408. The van der Waals surface area contributed by atoms with Gasteiger partial charge in [-0.1, -0.05) is 289 Å². The molecule has 5 saturated heterocycles. The van der Waals surface area contributed by atoms with Gasteiger partial charge in [-0.2, -0.15) is 0 Å². The number of carboxylic acids is 2. The molecule has 28 nitrogen and oxygen atoms in total. The van der Waals surface area contributed by atoms with Crippen molar-refractivity contribution < 1.29 is 134 Å². The second kappa shape index (κ2) is 49.6. The lowest BCUT2D eigenvalue weighted by atomic mass is 9.81. The number of esters is 1. The van der Waals surface area contributed by atoms with Crippen molar-refractivity contribution in [3.8, 4) is 11.5 Å². The molecule has 140 heavy (non-hydrogen) atoms. The third kappa shape index (κ3) is 26.2. The number of carbonyl (C=O) groups is 6. The van der Waals surface area contributed by atoms with E-state index >= 15 is 9.59 Å². The fourth-order valence-corrected chi connectivity index (χ4v) is 18.1. The molecule has 32 heteroatoms. The molecule has 5 aliphatic rings. The molecule has 5 aliphatic heterocycles. The molecular weight excluding hydrogens is 1890 g/mol. The third-order valence-corrected chi connectivity index (χ3v) is 25.9. The summed E-state index contributed by atoms with van der Waals surface area (Å²) in [6.45, 7) is -1.05. The molecule has 0 aromatic heterocycles. The SMILES string of the molecule is COc1ccc(O[C@@H]2O[C@H](COCc3ccccc3)[C@@H](O[C@@H]3O[C@H](COCc4ccccc4)[C@@H](O[C@@H]4O[C@@H]5COC(c6ccccc6)O[C@H]5[C@H](O[C@H]5O[C@H](COCc6ccccc6)[C@@H](OCc6ccccc6)[C@H](OCc6ccccc6)[C@@H]5OC(=O)CCC(C)=O)[C@@H]4O)[C@H](OCc4ccccc4)[C@H]3C(=O)c3cc(Cl)c(Cl)cc3C(=O)O)[C@H](OCc3ccccc3)[C@H]2C(=O)c2cc(Cl)c(Cl)cc2C(=O)O)cc1. The molecule has 0 amide bonds. The molecule has 0 aliphatic carbocycles. The third-order valence-electron chi connectivity index (χ3n) is 24.4. The van der Waals surface area contributed by atoms with E-state index in [2.05, 4.69) is 0 Å². The first-order valence-corrected chi connectivity index (χ1v) is 47.2. The molecular formula is C108H104Cl4O28. The first-order chi connectivity index (χ1) is 68.1. The van der Waals surface area contributed by atoms with Crippen LogP contribution in [0.1, 0.15) is 112 Å². The summed E-state index contributed by atoms with van der Waals surface area (Å²) in [6, 6.07) is 83.3. The van der Waals surface area contributed by atoms with Crippen molar-refractivity contribution in [2.24, 2.45) is 11.8 Å². The molecule has 1 unspecified atom stereocenters. The highest BCUT2D eigenvalue weighted by Gasteiger charge is 2.62. The van der Waals surface area contributed by atoms with Gasteiger partial charge in [0.15, 0.2) is 42.8 Å². The van der Waals surface area contributed by atoms with Crippen LogP contribution in [0.2, 0.25) is 20.1 Å². The molecule has 5 heterocycles. The van der Waals surface area contributed by atoms with E-state index in [0.29, 0.717) is 39.1 Å². The van der Waals surface area contributed by atoms with Crippen LogP contribution in [0.25, 0.3) is 0 Å². The number of hydrogen-bond acceptors (Lipinski definition) is 26. The summed E-state index contributed by atoms with van der Waals surface area (Å²) in [5.41, 5.74) is 2.99. The maximum absolute atomic E-state index is 17.4. The van der Waals surface area contributed by atoms with E-state index in [4.69, 9.17) is 136 Å². The Balaban J connectivity index is 0.863. The van der Waals surface area contributed by atoms with Crippen LogP contribution in [-0.2, 0) is 136 Å². The summed E-state index contributed by atoms with van der Waals surface area (Å²) < 4.78 is 133. The number of aliphatic hydroxyl groups excluding tert-OH is 1. The predicted molar refractivity (Wildman–Crippen MR) is 510 cm³/mol. The van der Waals surface area contributed by atoms with Crippen molar-refractivity contribution in [3.63, 3.8) is 0 Å². The first kappa shape index (κ1) is 102. The largest absolute Gasteiger partial charge is 0.497 e. The molecule has 0 bridgehead atoms. The average molecular weight is 1990 g/mol. The number of ether oxygens (including phenoxy) is 19. The normalized spacial score (nSPS) is 25.6. The van der Waals surface area contributed by atoms with Crippen LogP contribution in [0.15, 0.2) is 291 Å². The van der Waals surface area contributed by atoms with Crippen LogP contribution in [0, 0.1) is 11.8 Å². The van der Waals surface area contributed by atoms with Gasteiger partial charge in [0.05, 0.1) is 117 Å². The highest BCUT2D eigenvalue weighted by molar-refractivity contribution is 6.43. The Bertz CT molecular complexity index is 5880.